The second-order valence-corrected chi connectivity index (χ2v) is 7.58. The van der Waals surface area contributed by atoms with Crippen LogP contribution in [-0.2, 0) is 16.0 Å². The number of guanidine groups is 1. The third kappa shape index (κ3) is 7.95. The van der Waals surface area contributed by atoms with Crippen LogP contribution in [0.1, 0.15) is 24.8 Å². The minimum Gasteiger partial charge on any atom is -0.376 e. The Bertz CT molecular complexity index is 647. The highest BCUT2D eigenvalue weighted by molar-refractivity contribution is 6.35. The summed E-state index contributed by atoms with van der Waals surface area (Å²) in [5, 5.41) is 7.88. The molecule has 1 heterocycles. The number of halogens is 2. The quantitative estimate of drug-likeness (QED) is 0.389. The third-order valence-corrected chi connectivity index (χ3v) is 4.91. The maximum Gasteiger partial charge on any atom is 0.243 e. The molecule has 150 valence electrons. The van der Waals surface area contributed by atoms with Crippen LogP contribution in [0.15, 0.2) is 23.2 Å². The zero-order chi connectivity index (χ0) is 19.6. The number of rotatable bonds is 8. The molecular formula is C19H28Cl2N4O2. The molecule has 1 aliphatic rings. The number of hydrogen-bond acceptors (Lipinski definition) is 3. The lowest BCUT2D eigenvalue weighted by Gasteiger charge is -2.16. The molecule has 0 radical (unpaired) electrons. The van der Waals surface area contributed by atoms with E-state index in [1.54, 1.807) is 20.2 Å². The molecule has 0 spiro atoms. The van der Waals surface area contributed by atoms with Gasteiger partial charge in [0.15, 0.2) is 5.96 Å². The van der Waals surface area contributed by atoms with Crippen LogP contribution < -0.4 is 10.6 Å². The number of amides is 1. The summed E-state index contributed by atoms with van der Waals surface area (Å²) in [6.45, 7) is 2.32. The van der Waals surface area contributed by atoms with Gasteiger partial charge in [-0.25, -0.2) is 4.99 Å². The second-order valence-electron chi connectivity index (χ2n) is 6.73. The van der Waals surface area contributed by atoms with E-state index in [-0.39, 0.29) is 18.6 Å². The van der Waals surface area contributed by atoms with Crippen molar-refractivity contribution in [3.05, 3.63) is 33.8 Å². The summed E-state index contributed by atoms with van der Waals surface area (Å²) in [4.78, 5) is 17.7. The predicted molar refractivity (Wildman–Crippen MR) is 111 cm³/mol. The van der Waals surface area contributed by atoms with Gasteiger partial charge < -0.3 is 20.3 Å². The van der Waals surface area contributed by atoms with Gasteiger partial charge in [0.1, 0.15) is 6.54 Å². The molecule has 1 fully saturated rings. The first-order chi connectivity index (χ1) is 13.0. The number of likely N-dealkylation sites (N-methyl/N-ethyl adjacent to an activating group) is 1. The van der Waals surface area contributed by atoms with E-state index in [2.05, 4.69) is 15.6 Å². The monoisotopic (exact) mass is 414 g/mol. The molecule has 1 aromatic carbocycles. The van der Waals surface area contributed by atoms with E-state index in [0.29, 0.717) is 29.1 Å². The summed E-state index contributed by atoms with van der Waals surface area (Å²) in [7, 11) is 3.45. The predicted octanol–water partition coefficient (Wildman–Crippen LogP) is 2.73. The van der Waals surface area contributed by atoms with Crippen molar-refractivity contribution in [3.8, 4) is 0 Å². The van der Waals surface area contributed by atoms with Crippen molar-refractivity contribution in [2.24, 2.45) is 4.99 Å². The molecule has 1 amide bonds. The molecule has 1 aromatic rings. The van der Waals surface area contributed by atoms with Gasteiger partial charge in [0.05, 0.1) is 6.10 Å². The Morgan fingerprint density at radius 3 is 2.81 bits per heavy atom. The van der Waals surface area contributed by atoms with Gasteiger partial charge in [-0.15, -0.1) is 0 Å². The normalized spacial score (nSPS) is 17.0. The molecular weight excluding hydrogens is 387 g/mol. The first-order valence-corrected chi connectivity index (χ1v) is 9.99. The zero-order valence-corrected chi connectivity index (χ0v) is 17.4. The fourth-order valence-corrected chi connectivity index (χ4v) is 3.19. The van der Waals surface area contributed by atoms with Gasteiger partial charge in [-0.1, -0.05) is 29.3 Å². The van der Waals surface area contributed by atoms with Crippen LogP contribution in [-0.4, -0.2) is 63.2 Å². The highest BCUT2D eigenvalue weighted by Gasteiger charge is 2.15. The van der Waals surface area contributed by atoms with Crippen LogP contribution in [0, 0.1) is 0 Å². The van der Waals surface area contributed by atoms with Gasteiger partial charge in [-0.2, -0.15) is 0 Å². The Morgan fingerprint density at radius 2 is 2.15 bits per heavy atom. The summed E-state index contributed by atoms with van der Waals surface area (Å²) in [6.07, 6.45) is 4.05. The number of aliphatic imine (C=N–C) groups is 1. The molecule has 6 nitrogen and oxygen atoms in total. The lowest BCUT2D eigenvalue weighted by Crippen LogP contribution is -2.42. The molecule has 0 bridgehead atoms. The van der Waals surface area contributed by atoms with Crippen molar-refractivity contribution in [2.75, 3.05) is 40.3 Å². The molecule has 2 N–H and O–H groups in total. The lowest BCUT2D eigenvalue weighted by molar-refractivity contribution is -0.127. The minimum absolute atomic E-state index is 0.0406. The van der Waals surface area contributed by atoms with E-state index in [0.717, 1.165) is 37.9 Å². The molecule has 2 rings (SSSR count). The van der Waals surface area contributed by atoms with Crippen LogP contribution >= 0.6 is 23.2 Å². The van der Waals surface area contributed by atoms with Crippen LogP contribution in [0.4, 0.5) is 0 Å². The van der Waals surface area contributed by atoms with Crippen LogP contribution in [0.5, 0.6) is 0 Å². The van der Waals surface area contributed by atoms with Gasteiger partial charge in [0.25, 0.3) is 0 Å². The van der Waals surface area contributed by atoms with Gasteiger partial charge in [-0.05, 0) is 43.4 Å². The van der Waals surface area contributed by atoms with Crippen LogP contribution in [0.25, 0.3) is 0 Å². The Balaban J connectivity index is 1.82. The van der Waals surface area contributed by atoms with E-state index in [4.69, 9.17) is 27.9 Å². The lowest BCUT2D eigenvalue weighted by atomic mass is 10.1. The fourth-order valence-electron chi connectivity index (χ4n) is 2.69. The Morgan fingerprint density at radius 1 is 1.33 bits per heavy atom. The fraction of sp³-hybridized carbons (Fsp3) is 0.579. The molecule has 0 aliphatic carbocycles. The van der Waals surface area contributed by atoms with Gasteiger partial charge in [-0.3, -0.25) is 4.79 Å². The van der Waals surface area contributed by atoms with E-state index in [1.165, 1.54) is 4.90 Å². The number of ether oxygens (including phenoxy) is 1. The first-order valence-electron chi connectivity index (χ1n) is 9.23. The number of nitrogens with one attached hydrogen (secondary N) is 2. The molecule has 1 unspecified atom stereocenters. The van der Waals surface area contributed by atoms with Crippen LogP contribution in [0.2, 0.25) is 10.0 Å². The van der Waals surface area contributed by atoms with E-state index in [1.807, 2.05) is 12.1 Å². The average Bonchev–Trinajstić information content (AvgIpc) is 3.14. The Kier molecular flexibility index (Phi) is 9.18. The maximum absolute atomic E-state index is 11.8. The van der Waals surface area contributed by atoms with E-state index in [9.17, 15) is 4.79 Å². The molecule has 27 heavy (non-hydrogen) atoms. The van der Waals surface area contributed by atoms with Crippen molar-refractivity contribution in [1.29, 1.82) is 0 Å². The third-order valence-electron chi connectivity index (χ3n) is 4.32. The van der Waals surface area contributed by atoms with Crippen molar-refractivity contribution < 1.29 is 9.53 Å². The number of aryl methyl sites for hydroxylation is 1. The van der Waals surface area contributed by atoms with Gasteiger partial charge >= 0.3 is 0 Å². The Labute approximate surface area is 171 Å². The first kappa shape index (κ1) is 21.8. The molecule has 1 aliphatic heterocycles. The SMILES string of the molecule is CN(C)C(=O)CN=C(NCCCc1ccc(Cl)cc1Cl)NCC1CCCO1. The number of benzene rings is 1. The summed E-state index contributed by atoms with van der Waals surface area (Å²) >= 11 is 12.1. The number of nitrogens with zero attached hydrogens (tertiary/aromatic N) is 2. The van der Waals surface area contributed by atoms with Crippen LogP contribution in [0.3, 0.4) is 0 Å². The van der Waals surface area contributed by atoms with E-state index < -0.39 is 0 Å². The van der Waals surface area contributed by atoms with Crippen molar-refractivity contribution >= 4 is 35.1 Å². The minimum atomic E-state index is -0.0406. The van der Waals surface area contributed by atoms with Crippen molar-refractivity contribution in [2.45, 2.75) is 31.8 Å². The number of carbonyl (C=O) groups excluding carboxylic acids is 1. The maximum atomic E-state index is 11.8. The molecule has 0 saturated carbocycles. The standard InChI is InChI=1S/C19H28Cl2N4O2/c1-25(2)18(26)13-24-19(23-12-16-6-4-10-27-16)22-9-3-5-14-7-8-15(20)11-17(14)21/h7-8,11,16H,3-6,9-10,12-13H2,1-2H3,(H2,22,23,24). The van der Waals surface area contributed by atoms with Gasteiger partial charge in [0.2, 0.25) is 5.91 Å². The zero-order valence-electron chi connectivity index (χ0n) is 15.9. The highest BCUT2D eigenvalue weighted by Crippen LogP contribution is 2.21. The second kappa shape index (κ2) is 11.4. The van der Waals surface area contributed by atoms with Crippen molar-refractivity contribution in [1.82, 2.24) is 15.5 Å². The van der Waals surface area contributed by atoms with Gasteiger partial charge in [0, 0.05) is 43.8 Å². The topological polar surface area (TPSA) is 66.0 Å². The average molecular weight is 415 g/mol. The van der Waals surface area contributed by atoms with E-state index >= 15 is 0 Å². The summed E-state index contributed by atoms with van der Waals surface area (Å²) in [5.74, 6) is 0.587. The number of carbonyl (C=O) groups is 1. The highest BCUT2D eigenvalue weighted by atomic mass is 35.5. The smallest absolute Gasteiger partial charge is 0.243 e. The summed E-state index contributed by atoms with van der Waals surface area (Å²) < 4.78 is 5.63. The number of hydrogen-bond donors (Lipinski definition) is 2. The molecule has 1 atom stereocenters. The summed E-state index contributed by atoms with van der Waals surface area (Å²) in [5.41, 5.74) is 1.07. The molecule has 0 aromatic heterocycles. The Hall–Kier alpha value is -1.50. The molecule has 1 saturated heterocycles. The summed E-state index contributed by atoms with van der Waals surface area (Å²) in [6, 6.07) is 5.55. The van der Waals surface area contributed by atoms with Crippen molar-refractivity contribution in [3.63, 3.8) is 0 Å². The molecule has 8 heteroatoms. The largest absolute Gasteiger partial charge is 0.376 e.